The van der Waals surface area contributed by atoms with E-state index < -0.39 is 17.6 Å². The van der Waals surface area contributed by atoms with Gasteiger partial charge in [-0.05, 0) is 18.2 Å². The second-order valence-electron chi connectivity index (χ2n) is 6.02. The van der Waals surface area contributed by atoms with Crippen molar-refractivity contribution in [2.75, 3.05) is 5.32 Å². The summed E-state index contributed by atoms with van der Waals surface area (Å²) >= 11 is 0. The highest BCUT2D eigenvalue weighted by Crippen LogP contribution is 2.36. The number of carbonyl (C=O) groups is 1. The van der Waals surface area contributed by atoms with Crippen LogP contribution < -0.4 is 5.32 Å². The Kier molecular flexibility index (Phi) is 4.38. The predicted octanol–water partition coefficient (Wildman–Crippen LogP) is 3.77. The van der Waals surface area contributed by atoms with Crippen molar-refractivity contribution in [3.05, 3.63) is 72.2 Å². The Morgan fingerprint density at radius 3 is 2.59 bits per heavy atom. The minimum atomic E-state index is -4.54. The van der Waals surface area contributed by atoms with E-state index >= 15 is 0 Å². The molecule has 0 unspecified atom stereocenters. The van der Waals surface area contributed by atoms with Gasteiger partial charge in [-0.3, -0.25) is 4.79 Å². The van der Waals surface area contributed by atoms with Crippen LogP contribution in [0.15, 0.2) is 60.9 Å². The van der Waals surface area contributed by atoms with Crippen molar-refractivity contribution in [3.8, 4) is 17.1 Å². The molecule has 3 aromatic heterocycles. The summed E-state index contributed by atoms with van der Waals surface area (Å²) in [5.41, 5.74) is -0.513. The molecule has 1 aromatic carbocycles. The molecule has 0 spiro atoms. The van der Waals surface area contributed by atoms with Crippen molar-refractivity contribution in [2.24, 2.45) is 0 Å². The van der Waals surface area contributed by atoms with Gasteiger partial charge in [-0.25, -0.2) is 14.5 Å². The first-order chi connectivity index (χ1) is 13.8. The fourth-order valence-electron chi connectivity index (χ4n) is 2.80. The minimum absolute atomic E-state index is 0.0390. The minimum Gasteiger partial charge on any atom is -0.493 e. The van der Waals surface area contributed by atoms with Gasteiger partial charge in [0.15, 0.2) is 5.65 Å². The average Bonchev–Trinajstić information content (AvgIpc) is 3.09. The number of nitrogens with one attached hydrogen (secondary N) is 1. The Hall–Kier alpha value is -3.95. The molecule has 0 radical (unpaired) electrons. The average molecular weight is 399 g/mol. The van der Waals surface area contributed by atoms with Crippen LogP contribution in [0.25, 0.3) is 16.9 Å². The molecular weight excluding hydrogens is 387 g/mol. The second kappa shape index (κ2) is 6.89. The molecule has 1 amide bonds. The lowest BCUT2D eigenvalue weighted by atomic mass is 10.0. The number of nitrogens with zero attached hydrogens (tertiary/aromatic N) is 4. The van der Waals surface area contributed by atoms with Gasteiger partial charge in [-0.1, -0.05) is 24.3 Å². The van der Waals surface area contributed by atoms with Crippen LogP contribution in [-0.2, 0) is 6.18 Å². The zero-order valence-corrected chi connectivity index (χ0v) is 14.6. The molecule has 0 bridgehead atoms. The molecular formula is C19H12F3N5O2. The quantitative estimate of drug-likeness (QED) is 0.547. The van der Waals surface area contributed by atoms with E-state index in [9.17, 15) is 23.1 Å². The maximum atomic E-state index is 13.3. The zero-order valence-electron chi connectivity index (χ0n) is 14.6. The smallest absolute Gasteiger partial charge is 0.417 e. The number of amides is 1. The molecule has 4 aromatic rings. The molecule has 0 aliphatic heterocycles. The number of aromatic hydroxyl groups is 1. The molecule has 0 saturated carbocycles. The van der Waals surface area contributed by atoms with E-state index in [0.29, 0.717) is 0 Å². The van der Waals surface area contributed by atoms with Gasteiger partial charge in [-0.2, -0.15) is 18.3 Å². The molecule has 10 heteroatoms. The van der Waals surface area contributed by atoms with Crippen molar-refractivity contribution >= 4 is 17.2 Å². The first-order valence-corrected chi connectivity index (χ1v) is 8.31. The number of halogens is 3. The topological polar surface area (TPSA) is 92.4 Å². The fraction of sp³-hybridized carbons (Fsp3) is 0.0526. The molecule has 0 saturated heterocycles. The summed E-state index contributed by atoms with van der Waals surface area (Å²) in [6, 6.07) is 10.7. The van der Waals surface area contributed by atoms with Gasteiger partial charge in [0.2, 0.25) is 5.88 Å². The predicted molar refractivity (Wildman–Crippen MR) is 97.3 cm³/mol. The van der Waals surface area contributed by atoms with Gasteiger partial charge in [0, 0.05) is 17.8 Å². The van der Waals surface area contributed by atoms with Crippen LogP contribution in [0.5, 0.6) is 5.88 Å². The molecule has 7 nitrogen and oxygen atoms in total. The highest BCUT2D eigenvalue weighted by Gasteiger charge is 2.33. The van der Waals surface area contributed by atoms with Crippen LogP contribution in [0, 0.1) is 0 Å². The summed E-state index contributed by atoms with van der Waals surface area (Å²) in [6.45, 7) is 0. The largest absolute Gasteiger partial charge is 0.493 e. The maximum Gasteiger partial charge on any atom is 0.417 e. The highest BCUT2D eigenvalue weighted by molar-refractivity contribution is 6.04. The van der Waals surface area contributed by atoms with Crippen LogP contribution >= 0.6 is 0 Å². The molecule has 0 aliphatic carbocycles. The summed E-state index contributed by atoms with van der Waals surface area (Å²) in [5.74, 6) is -0.944. The van der Waals surface area contributed by atoms with E-state index in [2.05, 4.69) is 20.4 Å². The monoisotopic (exact) mass is 399 g/mol. The van der Waals surface area contributed by atoms with Gasteiger partial charge in [-0.15, -0.1) is 0 Å². The van der Waals surface area contributed by atoms with Crippen molar-refractivity contribution in [2.45, 2.75) is 6.18 Å². The Balaban J connectivity index is 1.74. The number of carbonyl (C=O) groups excluding carboxylic acids is 1. The summed E-state index contributed by atoms with van der Waals surface area (Å²) < 4.78 is 41.3. The number of alkyl halides is 3. The Morgan fingerprint density at radius 1 is 1.03 bits per heavy atom. The molecule has 0 fully saturated rings. The second-order valence-corrected chi connectivity index (χ2v) is 6.02. The van der Waals surface area contributed by atoms with Crippen molar-refractivity contribution in [1.29, 1.82) is 0 Å². The van der Waals surface area contributed by atoms with Crippen molar-refractivity contribution in [3.63, 3.8) is 0 Å². The summed E-state index contributed by atoms with van der Waals surface area (Å²) in [7, 11) is 0. The summed E-state index contributed by atoms with van der Waals surface area (Å²) in [6.07, 6.45) is -1.77. The molecule has 3 heterocycles. The van der Waals surface area contributed by atoms with Gasteiger partial charge >= 0.3 is 6.18 Å². The van der Waals surface area contributed by atoms with E-state index in [1.807, 2.05) is 0 Å². The van der Waals surface area contributed by atoms with Crippen molar-refractivity contribution in [1.82, 2.24) is 19.6 Å². The van der Waals surface area contributed by atoms with E-state index in [1.165, 1.54) is 59.4 Å². The Labute approximate surface area is 161 Å². The molecule has 4 rings (SSSR count). The van der Waals surface area contributed by atoms with E-state index in [4.69, 9.17) is 0 Å². The third kappa shape index (κ3) is 3.59. The molecule has 29 heavy (non-hydrogen) atoms. The van der Waals surface area contributed by atoms with Gasteiger partial charge < -0.3 is 10.4 Å². The molecule has 0 atom stereocenters. The number of benzene rings is 1. The number of hydrogen-bond acceptors (Lipinski definition) is 5. The normalized spacial score (nSPS) is 11.6. The standard InChI is InChI=1S/C19H12F3N5O2/c20-19(21,22)12-5-2-1-4-11(12)13-8-9-27-17(25-13)15(10-23-27)26-18(29)14-6-3-7-16(28)24-14/h1-10H,(H,24,28)(H,26,29). The Bertz CT molecular complexity index is 1220. The van der Waals surface area contributed by atoms with Crippen LogP contribution in [-0.4, -0.2) is 30.6 Å². The fourth-order valence-corrected chi connectivity index (χ4v) is 2.80. The van der Waals surface area contributed by atoms with Gasteiger partial charge in [0.05, 0.1) is 17.5 Å². The number of rotatable bonds is 3. The van der Waals surface area contributed by atoms with Crippen LogP contribution in [0.1, 0.15) is 16.1 Å². The molecule has 2 N–H and O–H groups in total. The summed E-state index contributed by atoms with van der Waals surface area (Å²) in [5, 5.41) is 16.0. The third-order valence-electron chi connectivity index (χ3n) is 4.09. The lowest BCUT2D eigenvalue weighted by Gasteiger charge is -2.12. The van der Waals surface area contributed by atoms with Crippen molar-refractivity contribution < 1.29 is 23.1 Å². The SMILES string of the molecule is O=C(Nc1cnn2ccc(-c3ccccc3C(F)(F)F)nc12)c1cccc(O)n1. The molecule has 146 valence electrons. The summed E-state index contributed by atoms with van der Waals surface area (Å²) in [4.78, 5) is 20.3. The van der Waals surface area contributed by atoms with Crippen LogP contribution in [0.3, 0.4) is 0 Å². The Morgan fingerprint density at radius 2 is 1.83 bits per heavy atom. The number of anilines is 1. The number of hydrogen-bond donors (Lipinski definition) is 2. The van der Waals surface area contributed by atoms with E-state index in [0.717, 1.165) is 6.07 Å². The van der Waals surface area contributed by atoms with Gasteiger partial charge in [0.25, 0.3) is 5.91 Å². The van der Waals surface area contributed by atoms with Gasteiger partial charge in [0.1, 0.15) is 11.4 Å². The number of pyridine rings is 1. The third-order valence-corrected chi connectivity index (χ3v) is 4.09. The van der Waals surface area contributed by atoms with E-state index in [-0.39, 0.29) is 34.2 Å². The lowest BCUT2D eigenvalue weighted by molar-refractivity contribution is -0.137. The first-order valence-electron chi connectivity index (χ1n) is 8.31. The number of aromatic nitrogens is 4. The molecule has 0 aliphatic rings. The lowest BCUT2D eigenvalue weighted by Crippen LogP contribution is -2.13. The zero-order chi connectivity index (χ0) is 20.6. The maximum absolute atomic E-state index is 13.3. The number of fused-ring (bicyclic) bond motifs is 1. The highest BCUT2D eigenvalue weighted by atomic mass is 19.4. The van der Waals surface area contributed by atoms with Crippen LogP contribution in [0.2, 0.25) is 0 Å². The van der Waals surface area contributed by atoms with E-state index in [1.54, 1.807) is 0 Å². The van der Waals surface area contributed by atoms with Crippen LogP contribution in [0.4, 0.5) is 18.9 Å². The first kappa shape index (κ1) is 18.4.